The number of benzene rings is 1. The van der Waals surface area contributed by atoms with Gasteiger partial charge in [0.15, 0.2) is 5.11 Å². The van der Waals surface area contributed by atoms with E-state index in [2.05, 4.69) is 21.2 Å². The molecule has 0 bridgehead atoms. The first-order chi connectivity index (χ1) is 6.54. The van der Waals surface area contributed by atoms with E-state index >= 15 is 0 Å². The van der Waals surface area contributed by atoms with Crippen LogP contribution in [0.1, 0.15) is 5.56 Å². The molecule has 0 radical (unpaired) electrons. The summed E-state index contributed by atoms with van der Waals surface area (Å²) in [5, 5.41) is 3.07. The first-order valence-corrected chi connectivity index (χ1v) is 5.15. The number of nitrogens with two attached hydrogens (primary N) is 1. The van der Waals surface area contributed by atoms with Gasteiger partial charge < -0.3 is 15.8 Å². The van der Waals surface area contributed by atoms with Gasteiger partial charge in [-0.05, 0) is 52.8 Å². The van der Waals surface area contributed by atoms with Crippen molar-refractivity contribution in [3.05, 3.63) is 22.2 Å². The third kappa shape index (κ3) is 2.59. The highest BCUT2D eigenvalue weighted by Gasteiger charge is 2.08. The van der Waals surface area contributed by atoms with Crippen molar-refractivity contribution in [2.24, 2.45) is 5.73 Å². The molecule has 0 aliphatic heterocycles. The summed E-state index contributed by atoms with van der Waals surface area (Å²) >= 11 is 8.18. The maximum atomic E-state index is 5.40. The molecule has 0 aromatic heterocycles. The second-order valence-electron chi connectivity index (χ2n) is 2.81. The summed E-state index contributed by atoms with van der Waals surface area (Å²) in [4.78, 5) is 0. The highest BCUT2D eigenvalue weighted by atomic mass is 79.9. The summed E-state index contributed by atoms with van der Waals surface area (Å²) in [5.74, 6) is 0.713. The largest absolute Gasteiger partial charge is 0.495 e. The molecule has 14 heavy (non-hydrogen) atoms. The number of hydrogen-bond acceptors (Lipinski definition) is 2. The molecular weight excluding hydrogens is 264 g/mol. The second-order valence-corrected chi connectivity index (χ2v) is 4.11. The molecule has 76 valence electrons. The fraction of sp³-hybridized carbons (Fsp3) is 0.222. The molecule has 5 heteroatoms. The van der Waals surface area contributed by atoms with Crippen molar-refractivity contribution in [1.82, 2.24) is 0 Å². The van der Waals surface area contributed by atoms with Crippen molar-refractivity contribution in [3.63, 3.8) is 0 Å². The zero-order valence-corrected chi connectivity index (χ0v) is 10.3. The minimum absolute atomic E-state index is 0.216. The lowest BCUT2D eigenvalue weighted by Crippen LogP contribution is -2.19. The van der Waals surface area contributed by atoms with E-state index < -0.39 is 0 Å². The van der Waals surface area contributed by atoms with Gasteiger partial charge in [0, 0.05) is 4.47 Å². The summed E-state index contributed by atoms with van der Waals surface area (Å²) in [6.07, 6.45) is 0. The molecule has 0 amide bonds. The number of anilines is 1. The minimum atomic E-state index is 0.216. The van der Waals surface area contributed by atoms with Crippen LogP contribution in [0.2, 0.25) is 0 Å². The first-order valence-electron chi connectivity index (χ1n) is 3.95. The van der Waals surface area contributed by atoms with Gasteiger partial charge in [-0.25, -0.2) is 0 Å². The Kier molecular flexibility index (Phi) is 3.71. The van der Waals surface area contributed by atoms with Gasteiger partial charge in [0.2, 0.25) is 0 Å². The van der Waals surface area contributed by atoms with Crippen molar-refractivity contribution in [2.75, 3.05) is 12.4 Å². The molecule has 3 N–H and O–H groups in total. The highest BCUT2D eigenvalue weighted by Crippen LogP contribution is 2.33. The van der Waals surface area contributed by atoms with E-state index in [0.717, 1.165) is 15.7 Å². The molecule has 0 atom stereocenters. The van der Waals surface area contributed by atoms with E-state index in [1.165, 1.54) is 0 Å². The van der Waals surface area contributed by atoms with Crippen molar-refractivity contribution in [2.45, 2.75) is 6.92 Å². The number of aryl methyl sites for hydroxylation is 1. The molecule has 0 aliphatic rings. The summed E-state index contributed by atoms with van der Waals surface area (Å²) < 4.78 is 6.08. The average molecular weight is 275 g/mol. The number of ether oxygens (including phenoxy) is 1. The van der Waals surface area contributed by atoms with Gasteiger partial charge in [-0.15, -0.1) is 0 Å². The highest BCUT2D eigenvalue weighted by molar-refractivity contribution is 9.10. The van der Waals surface area contributed by atoms with Crippen LogP contribution in [0.15, 0.2) is 16.6 Å². The van der Waals surface area contributed by atoms with Crippen LogP contribution in [0.5, 0.6) is 5.75 Å². The molecule has 0 unspecified atom stereocenters. The van der Waals surface area contributed by atoms with Gasteiger partial charge in [0.1, 0.15) is 5.75 Å². The van der Waals surface area contributed by atoms with Crippen LogP contribution in [-0.2, 0) is 0 Å². The third-order valence-corrected chi connectivity index (χ3v) is 2.39. The molecule has 0 saturated carbocycles. The molecular formula is C9H11BrN2OS. The van der Waals surface area contributed by atoms with E-state index in [4.69, 9.17) is 22.7 Å². The lowest BCUT2D eigenvalue weighted by molar-refractivity contribution is 0.416. The molecule has 3 nitrogen and oxygen atoms in total. The van der Waals surface area contributed by atoms with Gasteiger partial charge in [-0.1, -0.05) is 0 Å². The van der Waals surface area contributed by atoms with Gasteiger partial charge >= 0.3 is 0 Å². The van der Waals surface area contributed by atoms with Crippen molar-refractivity contribution >= 4 is 38.9 Å². The normalized spacial score (nSPS) is 9.64. The fourth-order valence-corrected chi connectivity index (χ4v) is 1.87. The summed E-state index contributed by atoms with van der Waals surface area (Å²) in [6.45, 7) is 1.98. The predicted molar refractivity (Wildman–Crippen MR) is 65.8 cm³/mol. The lowest BCUT2D eigenvalue weighted by Gasteiger charge is -2.12. The van der Waals surface area contributed by atoms with Crippen LogP contribution in [0.3, 0.4) is 0 Å². The lowest BCUT2D eigenvalue weighted by atomic mass is 10.2. The Morgan fingerprint density at radius 2 is 2.21 bits per heavy atom. The first kappa shape index (κ1) is 11.3. The van der Waals surface area contributed by atoms with E-state index in [0.29, 0.717) is 5.75 Å². The molecule has 1 aromatic rings. The van der Waals surface area contributed by atoms with Crippen molar-refractivity contribution in [3.8, 4) is 5.75 Å². The summed E-state index contributed by atoms with van der Waals surface area (Å²) in [6, 6.07) is 3.87. The van der Waals surface area contributed by atoms with Crippen LogP contribution in [-0.4, -0.2) is 12.2 Å². The van der Waals surface area contributed by atoms with Crippen LogP contribution in [0.4, 0.5) is 5.69 Å². The number of thiocarbonyl (C=S) groups is 1. The van der Waals surface area contributed by atoms with Gasteiger partial charge in [0.25, 0.3) is 0 Å². The Bertz CT molecular complexity index is 368. The Morgan fingerprint density at radius 3 is 2.71 bits per heavy atom. The van der Waals surface area contributed by atoms with E-state index in [1.807, 2.05) is 19.1 Å². The molecule has 1 aromatic carbocycles. The Hall–Kier alpha value is -0.810. The monoisotopic (exact) mass is 274 g/mol. The summed E-state index contributed by atoms with van der Waals surface area (Å²) in [7, 11) is 1.60. The number of nitrogens with one attached hydrogen (secondary N) is 1. The van der Waals surface area contributed by atoms with Gasteiger partial charge in [-0.2, -0.15) is 0 Å². The quantitative estimate of drug-likeness (QED) is 0.814. The maximum Gasteiger partial charge on any atom is 0.168 e. The third-order valence-electron chi connectivity index (χ3n) is 1.67. The average Bonchev–Trinajstić information content (AvgIpc) is 2.08. The maximum absolute atomic E-state index is 5.40. The van der Waals surface area contributed by atoms with Crippen LogP contribution < -0.4 is 15.8 Å². The molecule has 0 heterocycles. The van der Waals surface area contributed by atoms with Crippen LogP contribution in [0, 0.1) is 6.92 Å². The van der Waals surface area contributed by atoms with E-state index in [1.54, 1.807) is 7.11 Å². The Balaban J connectivity index is 3.18. The SMILES string of the molecule is COc1cc(C)cc(Br)c1NC(N)=S. The predicted octanol–water partition coefficient (Wildman–Crippen LogP) is 2.42. The standard InChI is InChI=1S/C9H11BrN2OS/c1-5-3-6(10)8(12-9(11)14)7(4-5)13-2/h3-4H,1-2H3,(H3,11,12,14). The number of halogens is 1. The number of hydrogen-bond donors (Lipinski definition) is 2. The second kappa shape index (κ2) is 4.61. The van der Waals surface area contributed by atoms with Crippen LogP contribution in [0.25, 0.3) is 0 Å². The number of rotatable bonds is 2. The van der Waals surface area contributed by atoms with Crippen LogP contribution >= 0.6 is 28.1 Å². The zero-order valence-electron chi connectivity index (χ0n) is 7.93. The smallest absolute Gasteiger partial charge is 0.168 e. The molecule has 0 fully saturated rings. The van der Waals surface area contributed by atoms with Crippen molar-refractivity contribution in [1.29, 1.82) is 0 Å². The molecule has 0 aliphatic carbocycles. The molecule has 0 spiro atoms. The molecule has 1 rings (SSSR count). The minimum Gasteiger partial charge on any atom is -0.495 e. The number of methoxy groups -OCH3 is 1. The molecule has 0 saturated heterocycles. The Labute approximate surface area is 96.8 Å². The van der Waals surface area contributed by atoms with E-state index in [9.17, 15) is 0 Å². The fourth-order valence-electron chi connectivity index (χ4n) is 1.12. The summed E-state index contributed by atoms with van der Waals surface area (Å²) in [5.41, 5.74) is 7.25. The van der Waals surface area contributed by atoms with Gasteiger partial charge in [-0.3, -0.25) is 0 Å². The van der Waals surface area contributed by atoms with Gasteiger partial charge in [0.05, 0.1) is 12.8 Å². The van der Waals surface area contributed by atoms with Crippen molar-refractivity contribution < 1.29 is 4.74 Å². The zero-order chi connectivity index (χ0) is 10.7. The Morgan fingerprint density at radius 1 is 1.57 bits per heavy atom. The van der Waals surface area contributed by atoms with E-state index in [-0.39, 0.29) is 5.11 Å². The topological polar surface area (TPSA) is 47.3 Å².